The molecule has 3 aromatic carbocycles. The van der Waals surface area contributed by atoms with Crippen LogP contribution in [0.4, 0.5) is 5.69 Å². The second-order valence-corrected chi connectivity index (χ2v) is 7.55. The van der Waals surface area contributed by atoms with Crippen LogP contribution in [0.2, 0.25) is 0 Å². The third-order valence-electron chi connectivity index (χ3n) is 4.39. The molecule has 0 aliphatic rings. The molecule has 0 unspecified atom stereocenters. The number of nitro groups is 1. The van der Waals surface area contributed by atoms with E-state index in [-0.39, 0.29) is 23.6 Å². The summed E-state index contributed by atoms with van der Waals surface area (Å²) in [5.41, 5.74) is 3.87. The van der Waals surface area contributed by atoms with E-state index in [1.54, 1.807) is 36.4 Å². The Morgan fingerprint density at radius 2 is 1.91 bits per heavy atom. The van der Waals surface area contributed by atoms with Crippen LogP contribution in [0.1, 0.15) is 28.4 Å². The number of rotatable bonds is 9. The Kier molecular flexibility index (Phi) is 7.98. The van der Waals surface area contributed by atoms with Crippen LogP contribution in [0.25, 0.3) is 0 Å². The third-order valence-corrected chi connectivity index (χ3v) is 4.98. The molecule has 0 aliphatic heterocycles. The number of hydrogen-bond donors (Lipinski definition) is 2. The smallest absolute Gasteiger partial charge is 0.275 e. The molecule has 0 bridgehead atoms. The number of carbonyl (C=O) groups excluding carboxylic acids is 1. The molecular formula is C23H20BrN3O6. The van der Waals surface area contributed by atoms with Crippen molar-refractivity contribution in [2.24, 2.45) is 5.10 Å². The Morgan fingerprint density at radius 3 is 2.58 bits per heavy atom. The van der Waals surface area contributed by atoms with Gasteiger partial charge in [0.15, 0.2) is 11.5 Å². The SMILES string of the molecule is CCOc1cc(/C=N\NC(=O)c2ccccc2O)cc(Br)c1OCc1ccc([N+](=O)[O-])cc1. The van der Waals surface area contributed by atoms with E-state index in [2.05, 4.69) is 26.5 Å². The molecule has 10 heteroatoms. The first-order chi connectivity index (χ1) is 15.9. The van der Waals surface area contributed by atoms with E-state index in [0.29, 0.717) is 28.1 Å². The van der Waals surface area contributed by atoms with Crippen molar-refractivity contribution in [3.8, 4) is 17.2 Å². The number of aromatic hydroxyl groups is 1. The first-order valence-corrected chi connectivity index (χ1v) is 10.6. The molecule has 170 valence electrons. The molecule has 0 spiro atoms. The number of para-hydroxylation sites is 1. The predicted molar refractivity (Wildman–Crippen MR) is 126 cm³/mol. The summed E-state index contributed by atoms with van der Waals surface area (Å²) in [6.07, 6.45) is 1.44. The number of phenolic OH excluding ortho intramolecular Hbond substituents is 1. The summed E-state index contributed by atoms with van der Waals surface area (Å²) in [6, 6.07) is 15.7. The van der Waals surface area contributed by atoms with E-state index in [1.807, 2.05) is 6.92 Å². The second-order valence-electron chi connectivity index (χ2n) is 6.69. The first-order valence-electron chi connectivity index (χ1n) is 9.83. The summed E-state index contributed by atoms with van der Waals surface area (Å²) in [6.45, 7) is 2.41. The van der Waals surface area contributed by atoms with Crippen LogP contribution >= 0.6 is 15.9 Å². The lowest BCUT2D eigenvalue weighted by Gasteiger charge is -2.14. The van der Waals surface area contributed by atoms with Crippen LogP contribution in [0, 0.1) is 10.1 Å². The highest BCUT2D eigenvalue weighted by Crippen LogP contribution is 2.37. The highest BCUT2D eigenvalue weighted by Gasteiger charge is 2.13. The molecule has 3 aromatic rings. The minimum Gasteiger partial charge on any atom is -0.507 e. The van der Waals surface area contributed by atoms with E-state index >= 15 is 0 Å². The molecule has 0 atom stereocenters. The van der Waals surface area contributed by atoms with Crippen molar-refractivity contribution in [1.29, 1.82) is 0 Å². The lowest BCUT2D eigenvalue weighted by atomic mass is 10.2. The van der Waals surface area contributed by atoms with Crippen molar-refractivity contribution >= 4 is 33.7 Å². The molecule has 0 saturated heterocycles. The minimum absolute atomic E-state index is 0.00754. The van der Waals surface area contributed by atoms with Crippen LogP contribution in [-0.4, -0.2) is 28.8 Å². The Labute approximate surface area is 197 Å². The number of carbonyl (C=O) groups is 1. The average Bonchev–Trinajstić information content (AvgIpc) is 2.79. The number of phenols is 1. The Hall–Kier alpha value is -3.92. The maximum absolute atomic E-state index is 12.1. The lowest BCUT2D eigenvalue weighted by Crippen LogP contribution is -2.17. The quantitative estimate of drug-likeness (QED) is 0.240. The van der Waals surface area contributed by atoms with Gasteiger partial charge in [-0.05, 0) is 70.4 Å². The van der Waals surface area contributed by atoms with E-state index in [0.717, 1.165) is 5.56 Å². The highest BCUT2D eigenvalue weighted by molar-refractivity contribution is 9.10. The van der Waals surface area contributed by atoms with Crippen LogP contribution in [0.3, 0.4) is 0 Å². The fourth-order valence-electron chi connectivity index (χ4n) is 2.83. The topological polar surface area (TPSA) is 123 Å². The standard InChI is InChI=1S/C23H20BrN3O6/c1-2-32-21-12-16(13-25-26-23(29)18-5-3-4-6-20(18)28)11-19(24)22(21)33-14-15-7-9-17(10-8-15)27(30)31/h3-13,28H,2,14H2,1H3,(H,26,29)/b25-13-. The maximum atomic E-state index is 12.1. The molecule has 2 N–H and O–H groups in total. The van der Waals surface area contributed by atoms with Crippen molar-refractivity contribution in [3.05, 3.63) is 91.9 Å². The third kappa shape index (κ3) is 6.30. The van der Waals surface area contributed by atoms with Crippen LogP contribution in [0.15, 0.2) is 70.2 Å². The minimum atomic E-state index is -0.545. The molecule has 33 heavy (non-hydrogen) atoms. The summed E-state index contributed by atoms with van der Waals surface area (Å²) in [4.78, 5) is 22.5. The van der Waals surface area contributed by atoms with E-state index in [4.69, 9.17) is 9.47 Å². The fourth-order valence-corrected chi connectivity index (χ4v) is 3.40. The van der Waals surface area contributed by atoms with Gasteiger partial charge < -0.3 is 14.6 Å². The monoisotopic (exact) mass is 513 g/mol. The molecule has 1 amide bonds. The fraction of sp³-hybridized carbons (Fsp3) is 0.130. The van der Waals surface area contributed by atoms with Gasteiger partial charge in [0.1, 0.15) is 12.4 Å². The van der Waals surface area contributed by atoms with E-state index in [1.165, 1.54) is 30.5 Å². The first kappa shape index (κ1) is 23.7. The van der Waals surface area contributed by atoms with Crippen molar-refractivity contribution in [2.45, 2.75) is 13.5 Å². The van der Waals surface area contributed by atoms with Crippen LogP contribution in [-0.2, 0) is 6.61 Å². The zero-order valence-electron chi connectivity index (χ0n) is 17.5. The number of halogens is 1. The Morgan fingerprint density at radius 1 is 1.18 bits per heavy atom. The van der Waals surface area contributed by atoms with Crippen molar-refractivity contribution < 1.29 is 24.3 Å². The number of hydrazone groups is 1. The van der Waals surface area contributed by atoms with Crippen molar-refractivity contribution in [3.63, 3.8) is 0 Å². The number of nitro benzene ring substituents is 1. The summed E-state index contributed by atoms with van der Waals surface area (Å²) in [5.74, 6) is 0.241. The number of benzene rings is 3. The highest BCUT2D eigenvalue weighted by atomic mass is 79.9. The Balaban J connectivity index is 1.72. The molecule has 9 nitrogen and oxygen atoms in total. The second kappa shape index (κ2) is 11.1. The largest absolute Gasteiger partial charge is 0.507 e. The number of ether oxygens (including phenoxy) is 2. The number of nitrogens with zero attached hydrogens (tertiary/aromatic N) is 2. The maximum Gasteiger partial charge on any atom is 0.275 e. The zero-order chi connectivity index (χ0) is 23.8. The summed E-state index contributed by atoms with van der Waals surface area (Å²) >= 11 is 3.46. The number of non-ortho nitro benzene ring substituents is 1. The van der Waals surface area contributed by atoms with Gasteiger partial charge in [0.25, 0.3) is 11.6 Å². The van der Waals surface area contributed by atoms with Gasteiger partial charge in [0.2, 0.25) is 0 Å². The number of nitrogens with one attached hydrogen (secondary N) is 1. The van der Waals surface area contributed by atoms with Gasteiger partial charge in [-0.15, -0.1) is 0 Å². The van der Waals surface area contributed by atoms with Crippen LogP contribution < -0.4 is 14.9 Å². The number of hydrogen-bond acceptors (Lipinski definition) is 7. The number of amides is 1. The zero-order valence-corrected chi connectivity index (χ0v) is 19.1. The molecule has 0 saturated carbocycles. The van der Waals surface area contributed by atoms with Gasteiger partial charge in [-0.25, -0.2) is 5.43 Å². The molecular weight excluding hydrogens is 494 g/mol. The normalized spacial score (nSPS) is 10.7. The molecule has 0 radical (unpaired) electrons. The molecule has 0 aromatic heterocycles. The Bertz CT molecular complexity index is 1180. The van der Waals surface area contributed by atoms with Gasteiger partial charge in [0, 0.05) is 12.1 Å². The van der Waals surface area contributed by atoms with Gasteiger partial charge in [-0.2, -0.15) is 5.10 Å². The molecule has 3 rings (SSSR count). The molecule has 0 aliphatic carbocycles. The lowest BCUT2D eigenvalue weighted by molar-refractivity contribution is -0.384. The van der Waals surface area contributed by atoms with E-state index < -0.39 is 10.8 Å². The van der Waals surface area contributed by atoms with Crippen molar-refractivity contribution in [2.75, 3.05) is 6.61 Å². The van der Waals surface area contributed by atoms with Crippen LogP contribution in [0.5, 0.6) is 17.2 Å². The van der Waals surface area contributed by atoms with E-state index in [9.17, 15) is 20.0 Å². The van der Waals surface area contributed by atoms with Gasteiger partial charge in [-0.1, -0.05) is 12.1 Å². The predicted octanol–water partition coefficient (Wildman–Crippen LogP) is 4.80. The van der Waals surface area contributed by atoms with Gasteiger partial charge in [0.05, 0.1) is 27.8 Å². The summed E-state index contributed by atoms with van der Waals surface area (Å²) in [7, 11) is 0. The van der Waals surface area contributed by atoms with Gasteiger partial charge in [-0.3, -0.25) is 14.9 Å². The summed E-state index contributed by atoms with van der Waals surface area (Å²) < 4.78 is 12.2. The van der Waals surface area contributed by atoms with Crippen molar-refractivity contribution in [1.82, 2.24) is 5.43 Å². The molecule has 0 fully saturated rings. The average molecular weight is 514 g/mol. The molecule has 0 heterocycles. The van der Waals surface area contributed by atoms with Gasteiger partial charge >= 0.3 is 0 Å². The summed E-state index contributed by atoms with van der Waals surface area (Å²) in [5, 5.41) is 24.5.